The Morgan fingerprint density at radius 1 is 1.58 bits per heavy atom. The van der Waals surface area contributed by atoms with Crippen molar-refractivity contribution in [2.45, 2.75) is 0 Å². The monoisotopic (exact) mass is 228 g/mol. The Kier molecular flexibility index (Phi) is 2.76. The molecule has 0 radical (unpaired) electrons. The first-order valence-electron chi connectivity index (χ1n) is 3.38. The van der Waals surface area contributed by atoms with Gasteiger partial charge in [-0.2, -0.15) is 0 Å². The van der Waals surface area contributed by atoms with Crippen molar-refractivity contribution in [1.29, 1.82) is 0 Å². The van der Waals surface area contributed by atoms with Crippen molar-refractivity contribution >= 4 is 22.0 Å². The highest BCUT2D eigenvalue weighted by Crippen LogP contribution is 2.32. The molecule has 0 saturated carbocycles. The molecule has 0 spiro atoms. The number of rotatable bonds is 2. The minimum atomic E-state index is 0.120. The summed E-state index contributed by atoms with van der Waals surface area (Å²) in [5.74, 6) is 0.572. The lowest BCUT2D eigenvalue weighted by Crippen LogP contribution is -1.85. The number of benzene rings is 1. The van der Waals surface area contributed by atoms with Crippen LogP contribution in [0, 0.1) is 0 Å². The van der Waals surface area contributed by atoms with Crippen molar-refractivity contribution in [3.8, 4) is 11.5 Å². The van der Waals surface area contributed by atoms with Crippen LogP contribution in [0.15, 0.2) is 23.2 Å². The fraction of sp³-hybridized carbons (Fsp3) is 0.111. The molecule has 0 aliphatic rings. The molecule has 1 N–H and O–H groups in total. The van der Waals surface area contributed by atoms with Crippen LogP contribution in [-0.4, -0.2) is 12.2 Å². The average Bonchev–Trinajstić information content (AvgIpc) is 2.05. The van der Waals surface area contributed by atoms with E-state index in [-0.39, 0.29) is 5.75 Å². The average molecular weight is 229 g/mol. The molecule has 0 unspecified atom stereocenters. The summed E-state index contributed by atoms with van der Waals surface area (Å²) in [6.07, 6.45) is 1.69. The highest BCUT2D eigenvalue weighted by molar-refractivity contribution is 9.10. The second-order valence-electron chi connectivity index (χ2n) is 2.25. The molecule has 0 fully saturated rings. The van der Waals surface area contributed by atoms with Gasteiger partial charge in [-0.1, -0.05) is 28.6 Å². The van der Waals surface area contributed by atoms with Gasteiger partial charge >= 0.3 is 0 Å². The molecule has 0 aliphatic heterocycles. The predicted molar refractivity (Wildman–Crippen MR) is 52.4 cm³/mol. The molecule has 1 aromatic carbocycles. The smallest absolute Gasteiger partial charge is 0.161 e. The van der Waals surface area contributed by atoms with E-state index in [1.807, 2.05) is 0 Å². The van der Waals surface area contributed by atoms with Gasteiger partial charge in [0.1, 0.15) is 0 Å². The molecule has 0 aliphatic carbocycles. The molecule has 3 heteroatoms. The molecular weight excluding hydrogens is 220 g/mol. The van der Waals surface area contributed by atoms with Gasteiger partial charge in [0.15, 0.2) is 11.5 Å². The van der Waals surface area contributed by atoms with Gasteiger partial charge in [-0.25, -0.2) is 0 Å². The van der Waals surface area contributed by atoms with Crippen molar-refractivity contribution in [1.82, 2.24) is 0 Å². The van der Waals surface area contributed by atoms with Crippen molar-refractivity contribution in [2.24, 2.45) is 0 Å². The zero-order chi connectivity index (χ0) is 9.14. The van der Waals surface area contributed by atoms with Crippen LogP contribution in [0.4, 0.5) is 0 Å². The van der Waals surface area contributed by atoms with Crippen LogP contribution < -0.4 is 4.74 Å². The Labute approximate surface area is 79.6 Å². The number of halogens is 1. The van der Waals surface area contributed by atoms with E-state index >= 15 is 0 Å². The van der Waals surface area contributed by atoms with Gasteiger partial charge in [0, 0.05) is 4.47 Å². The molecule has 12 heavy (non-hydrogen) atoms. The summed E-state index contributed by atoms with van der Waals surface area (Å²) in [5, 5.41) is 9.32. The summed E-state index contributed by atoms with van der Waals surface area (Å²) in [7, 11) is 1.51. The molecule has 2 nitrogen and oxygen atoms in total. The molecule has 1 rings (SSSR count). The van der Waals surface area contributed by atoms with Crippen LogP contribution in [-0.2, 0) is 0 Å². The Morgan fingerprint density at radius 3 is 2.75 bits per heavy atom. The van der Waals surface area contributed by atoms with Crippen molar-refractivity contribution < 1.29 is 9.84 Å². The number of ether oxygens (including phenoxy) is 1. The first-order chi connectivity index (χ1) is 5.69. The maximum atomic E-state index is 9.32. The van der Waals surface area contributed by atoms with E-state index < -0.39 is 0 Å². The van der Waals surface area contributed by atoms with Gasteiger partial charge in [-0.15, -0.1) is 0 Å². The summed E-state index contributed by atoms with van der Waals surface area (Å²) in [6, 6.07) is 3.29. The first kappa shape index (κ1) is 9.13. The lowest BCUT2D eigenvalue weighted by molar-refractivity contribution is 0.373. The molecule has 0 atom stereocenters. The highest BCUT2D eigenvalue weighted by atomic mass is 79.9. The Balaban J connectivity index is 3.26. The molecule has 1 aromatic rings. The minimum Gasteiger partial charge on any atom is -0.504 e. The van der Waals surface area contributed by atoms with E-state index in [2.05, 4.69) is 22.5 Å². The van der Waals surface area contributed by atoms with Crippen molar-refractivity contribution in [3.63, 3.8) is 0 Å². The van der Waals surface area contributed by atoms with Crippen LogP contribution in [0.2, 0.25) is 0 Å². The number of phenolic OH excluding ortho intramolecular Hbond substituents is 1. The third-order valence-corrected chi connectivity index (χ3v) is 2.20. The zero-order valence-corrected chi connectivity index (χ0v) is 8.26. The molecule has 0 bridgehead atoms. The maximum Gasteiger partial charge on any atom is 0.161 e. The number of hydrogen-bond donors (Lipinski definition) is 1. The quantitative estimate of drug-likeness (QED) is 0.844. The van der Waals surface area contributed by atoms with E-state index in [9.17, 15) is 5.11 Å². The molecule has 0 saturated heterocycles. The SMILES string of the molecule is C=Cc1cc(OC)c(O)cc1Br. The second-order valence-corrected chi connectivity index (χ2v) is 3.10. The topological polar surface area (TPSA) is 29.5 Å². The lowest BCUT2D eigenvalue weighted by Gasteiger charge is -2.05. The van der Waals surface area contributed by atoms with Crippen LogP contribution in [0.5, 0.6) is 11.5 Å². The second kappa shape index (κ2) is 3.63. The fourth-order valence-corrected chi connectivity index (χ4v) is 1.37. The first-order valence-corrected chi connectivity index (χ1v) is 4.17. The van der Waals surface area contributed by atoms with E-state index in [0.717, 1.165) is 10.0 Å². The Morgan fingerprint density at radius 2 is 2.25 bits per heavy atom. The van der Waals surface area contributed by atoms with Gasteiger partial charge in [0.05, 0.1) is 7.11 Å². The van der Waals surface area contributed by atoms with Crippen LogP contribution in [0.1, 0.15) is 5.56 Å². The van der Waals surface area contributed by atoms with Crippen LogP contribution >= 0.6 is 15.9 Å². The van der Waals surface area contributed by atoms with Gasteiger partial charge in [0.25, 0.3) is 0 Å². The molecule has 0 heterocycles. The summed E-state index contributed by atoms with van der Waals surface area (Å²) >= 11 is 3.28. The number of hydrogen-bond acceptors (Lipinski definition) is 2. The molecular formula is C9H9BrO2. The number of phenols is 1. The number of methoxy groups -OCH3 is 1. The fourth-order valence-electron chi connectivity index (χ4n) is 0.879. The van der Waals surface area contributed by atoms with Gasteiger partial charge in [-0.3, -0.25) is 0 Å². The molecule has 0 amide bonds. The van der Waals surface area contributed by atoms with Gasteiger partial charge in [-0.05, 0) is 17.7 Å². The van der Waals surface area contributed by atoms with Gasteiger partial charge in [0.2, 0.25) is 0 Å². The number of aromatic hydroxyl groups is 1. The molecule has 64 valence electrons. The zero-order valence-electron chi connectivity index (χ0n) is 6.67. The standard InChI is InChI=1S/C9H9BrO2/c1-3-6-4-9(12-2)8(11)5-7(6)10/h3-5,11H,1H2,2H3. The van der Waals surface area contributed by atoms with Crippen LogP contribution in [0.3, 0.4) is 0 Å². The summed E-state index contributed by atoms with van der Waals surface area (Å²) in [4.78, 5) is 0. The van der Waals surface area contributed by atoms with Crippen LogP contribution in [0.25, 0.3) is 6.08 Å². The normalized spacial score (nSPS) is 9.50. The van der Waals surface area contributed by atoms with Gasteiger partial charge < -0.3 is 9.84 Å². The summed E-state index contributed by atoms with van der Waals surface area (Å²) in [6.45, 7) is 3.63. The minimum absolute atomic E-state index is 0.120. The predicted octanol–water partition coefficient (Wildman–Crippen LogP) is 2.81. The largest absolute Gasteiger partial charge is 0.504 e. The van der Waals surface area contributed by atoms with Crippen molar-refractivity contribution in [3.05, 3.63) is 28.7 Å². The lowest BCUT2D eigenvalue weighted by atomic mass is 10.2. The van der Waals surface area contributed by atoms with E-state index in [4.69, 9.17) is 4.74 Å². The van der Waals surface area contributed by atoms with E-state index in [1.54, 1.807) is 18.2 Å². The highest BCUT2D eigenvalue weighted by Gasteiger charge is 2.04. The van der Waals surface area contributed by atoms with E-state index in [0.29, 0.717) is 5.75 Å². The third-order valence-electron chi connectivity index (χ3n) is 1.52. The summed E-state index contributed by atoms with van der Waals surface area (Å²) < 4.78 is 5.73. The summed E-state index contributed by atoms with van der Waals surface area (Å²) in [5.41, 5.74) is 0.893. The Bertz CT molecular complexity index is 308. The van der Waals surface area contributed by atoms with Crippen molar-refractivity contribution in [2.75, 3.05) is 7.11 Å². The Hall–Kier alpha value is -0.960. The molecule has 0 aromatic heterocycles. The third kappa shape index (κ3) is 1.61. The van der Waals surface area contributed by atoms with E-state index in [1.165, 1.54) is 7.11 Å². The maximum absolute atomic E-state index is 9.32.